The lowest BCUT2D eigenvalue weighted by atomic mass is 9.53. The number of rotatable bonds is 10. The normalized spacial score (nSPS) is 24.8. The quantitative estimate of drug-likeness (QED) is 0.374. The molecule has 0 amide bonds. The molecule has 3 fully saturated rings. The molecule has 35 heavy (non-hydrogen) atoms. The minimum Gasteiger partial charge on any atom is -0.489 e. The zero-order valence-corrected chi connectivity index (χ0v) is 22.0. The Hall–Kier alpha value is -2.22. The van der Waals surface area contributed by atoms with Crippen LogP contribution < -0.4 is 4.74 Å². The first-order valence-corrected chi connectivity index (χ1v) is 13.9. The molecule has 0 N–H and O–H groups in total. The summed E-state index contributed by atoms with van der Waals surface area (Å²) < 4.78 is 50.4. The van der Waals surface area contributed by atoms with Crippen LogP contribution in [-0.2, 0) is 24.2 Å². The van der Waals surface area contributed by atoms with E-state index in [4.69, 9.17) is 9.47 Å². The van der Waals surface area contributed by atoms with Crippen LogP contribution in [0.25, 0.3) is 0 Å². The maximum absolute atomic E-state index is 13.2. The number of halogens is 1. The number of ketones is 1. The first-order chi connectivity index (χ1) is 16.3. The van der Waals surface area contributed by atoms with Gasteiger partial charge in [-0.05, 0) is 108 Å². The summed E-state index contributed by atoms with van der Waals surface area (Å²) in [5.41, 5.74) is -0.769. The highest BCUT2D eigenvalue weighted by atomic mass is 32.2. The molecule has 3 aliphatic rings. The number of benzene rings is 1. The highest BCUT2D eigenvalue weighted by molar-refractivity contribution is 7.91. The summed E-state index contributed by atoms with van der Waals surface area (Å²) in [7, 11) is -3.50. The van der Waals surface area contributed by atoms with E-state index in [1.54, 1.807) is 39.8 Å². The van der Waals surface area contributed by atoms with Crippen LogP contribution in [0.4, 0.5) is 4.39 Å². The topological polar surface area (TPSA) is 86.7 Å². The van der Waals surface area contributed by atoms with Crippen molar-refractivity contribution in [3.8, 4) is 5.75 Å². The molecule has 0 heterocycles. The van der Waals surface area contributed by atoms with Gasteiger partial charge in [-0.3, -0.25) is 9.59 Å². The molecule has 0 aliphatic heterocycles. The molecule has 1 aromatic rings. The molecule has 4 rings (SSSR count). The van der Waals surface area contributed by atoms with Crippen LogP contribution in [0.2, 0.25) is 0 Å². The maximum Gasteiger partial charge on any atom is 0.306 e. The van der Waals surface area contributed by atoms with Crippen molar-refractivity contribution in [1.29, 1.82) is 0 Å². The van der Waals surface area contributed by atoms with Gasteiger partial charge >= 0.3 is 5.97 Å². The zero-order chi connectivity index (χ0) is 25.9. The van der Waals surface area contributed by atoms with Crippen molar-refractivity contribution in [2.75, 3.05) is 12.4 Å². The van der Waals surface area contributed by atoms with Gasteiger partial charge in [0.25, 0.3) is 0 Å². The molecule has 0 atom stereocenters. The highest BCUT2D eigenvalue weighted by Gasteiger charge is 2.52. The van der Waals surface area contributed by atoms with E-state index in [0.29, 0.717) is 17.7 Å². The Labute approximate surface area is 208 Å². The van der Waals surface area contributed by atoms with Gasteiger partial charge in [-0.25, -0.2) is 12.8 Å². The summed E-state index contributed by atoms with van der Waals surface area (Å²) in [5.74, 6) is 0.335. The van der Waals surface area contributed by atoms with Crippen molar-refractivity contribution in [2.24, 2.45) is 10.8 Å². The lowest BCUT2D eigenvalue weighted by molar-refractivity contribution is -0.154. The summed E-state index contributed by atoms with van der Waals surface area (Å²) in [4.78, 5) is 24.1. The van der Waals surface area contributed by atoms with E-state index in [2.05, 4.69) is 0 Å². The fraction of sp³-hybridized carbons (Fsp3) is 0.630. The van der Waals surface area contributed by atoms with Gasteiger partial charge in [0.05, 0.1) is 17.0 Å². The van der Waals surface area contributed by atoms with Gasteiger partial charge in [0.1, 0.15) is 23.7 Å². The van der Waals surface area contributed by atoms with Crippen molar-refractivity contribution in [3.05, 3.63) is 36.2 Å². The fourth-order valence-electron chi connectivity index (χ4n) is 5.23. The van der Waals surface area contributed by atoms with Gasteiger partial charge in [0, 0.05) is 11.8 Å². The molecule has 3 saturated carbocycles. The summed E-state index contributed by atoms with van der Waals surface area (Å²) in [6, 6.07) is 6.17. The Morgan fingerprint density at radius 1 is 1.00 bits per heavy atom. The van der Waals surface area contributed by atoms with Crippen molar-refractivity contribution in [3.63, 3.8) is 0 Å². The van der Waals surface area contributed by atoms with E-state index in [9.17, 15) is 22.4 Å². The van der Waals surface area contributed by atoms with E-state index in [1.165, 1.54) is 12.1 Å². The summed E-state index contributed by atoms with van der Waals surface area (Å²) in [6.07, 6.45) is 5.30. The van der Waals surface area contributed by atoms with Crippen molar-refractivity contribution >= 4 is 21.6 Å². The van der Waals surface area contributed by atoms with Crippen LogP contribution in [0.3, 0.4) is 0 Å². The molecule has 0 aromatic heterocycles. The Morgan fingerprint density at radius 3 is 2.06 bits per heavy atom. The van der Waals surface area contributed by atoms with Crippen LogP contribution in [0.5, 0.6) is 5.75 Å². The lowest BCUT2D eigenvalue weighted by Gasteiger charge is -2.52. The Balaban J connectivity index is 1.54. The number of fused-ring (bicyclic) bond motifs is 3. The molecular formula is C27H37FO6S. The number of sulfone groups is 1. The van der Waals surface area contributed by atoms with E-state index < -0.39 is 21.4 Å². The fourth-order valence-corrected chi connectivity index (χ4v) is 7.18. The molecule has 0 unspecified atom stereocenters. The number of ether oxygens (including phenoxy) is 2. The average molecular weight is 509 g/mol. The van der Waals surface area contributed by atoms with Gasteiger partial charge in [-0.2, -0.15) is 0 Å². The molecule has 0 radical (unpaired) electrons. The van der Waals surface area contributed by atoms with Gasteiger partial charge in [0.2, 0.25) is 0 Å². The predicted octanol–water partition coefficient (Wildman–Crippen LogP) is 5.74. The number of Topliss-reactive ketones (excluding diaryl/α,β-unsaturated/α-hetero) is 1. The minimum atomic E-state index is -3.50. The van der Waals surface area contributed by atoms with Crippen LogP contribution in [-0.4, -0.2) is 38.1 Å². The molecule has 8 heteroatoms. The average Bonchev–Trinajstić information content (AvgIpc) is 2.79. The van der Waals surface area contributed by atoms with Crippen molar-refractivity contribution in [2.45, 2.75) is 89.6 Å². The summed E-state index contributed by atoms with van der Waals surface area (Å²) in [5, 5.41) is 0. The molecule has 194 valence electrons. The number of hydrogen-bond acceptors (Lipinski definition) is 6. The Bertz CT molecular complexity index is 1040. The third-order valence-corrected chi connectivity index (χ3v) is 9.46. The molecule has 0 saturated heterocycles. The van der Waals surface area contributed by atoms with E-state index >= 15 is 0 Å². The molecule has 1 aromatic carbocycles. The second-order valence-electron chi connectivity index (χ2n) is 11.2. The lowest BCUT2D eigenvalue weighted by Crippen LogP contribution is -2.47. The monoisotopic (exact) mass is 508 g/mol. The highest BCUT2D eigenvalue weighted by Crippen LogP contribution is 2.57. The van der Waals surface area contributed by atoms with Crippen LogP contribution in [0.1, 0.15) is 79.1 Å². The summed E-state index contributed by atoms with van der Waals surface area (Å²) in [6.45, 7) is 6.92. The van der Waals surface area contributed by atoms with Crippen molar-refractivity contribution < 1.29 is 31.9 Å². The smallest absolute Gasteiger partial charge is 0.306 e. The molecule has 6 nitrogen and oxygen atoms in total. The zero-order valence-electron chi connectivity index (χ0n) is 21.2. The first-order valence-electron chi connectivity index (χ1n) is 12.2. The molecule has 2 bridgehead atoms. The van der Waals surface area contributed by atoms with Gasteiger partial charge < -0.3 is 9.47 Å². The minimum absolute atomic E-state index is 0.0445. The van der Waals surface area contributed by atoms with Crippen LogP contribution >= 0.6 is 0 Å². The number of hydrogen-bond donors (Lipinski definition) is 0. The Morgan fingerprint density at radius 2 is 1.57 bits per heavy atom. The van der Waals surface area contributed by atoms with Crippen LogP contribution in [0.15, 0.2) is 41.1 Å². The number of carbonyl (C=O) groups is 2. The molecule has 3 aliphatic carbocycles. The largest absolute Gasteiger partial charge is 0.489 e. The van der Waals surface area contributed by atoms with Gasteiger partial charge in [-0.1, -0.05) is 0 Å². The second-order valence-corrected chi connectivity index (χ2v) is 13.2. The van der Waals surface area contributed by atoms with Crippen LogP contribution in [0, 0.1) is 10.8 Å². The summed E-state index contributed by atoms with van der Waals surface area (Å²) >= 11 is 0. The number of esters is 1. The standard InChI is InChI=1S/C27H37FO6S/c1-20(29)27-14-11-26(12-15-27,13-16-27)19-35(31,32)23-8-6-22(7-9-23)33-18-21(17-28)5-10-24(30)34-25(2,3)4/h6-9,17H,5,10-16,18-19H2,1-4H3/b21-17+. The SMILES string of the molecule is CC(=O)C12CCC(CS(=O)(=O)c3ccc(OC/C(=C/F)CCC(=O)OC(C)(C)C)cc3)(CC1)CC2. The second kappa shape index (κ2) is 10.4. The van der Waals surface area contributed by atoms with E-state index in [-0.39, 0.29) is 46.7 Å². The van der Waals surface area contributed by atoms with Gasteiger partial charge in [-0.15, -0.1) is 0 Å². The first kappa shape index (κ1) is 27.4. The van der Waals surface area contributed by atoms with E-state index in [1.807, 2.05) is 0 Å². The third-order valence-electron chi connectivity index (χ3n) is 7.48. The van der Waals surface area contributed by atoms with Crippen molar-refractivity contribution in [1.82, 2.24) is 0 Å². The van der Waals surface area contributed by atoms with E-state index in [0.717, 1.165) is 38.5 Å². The Kier molecular flexibility index (Phi) is 8.14. The third kappa shape index (κ3) is 6.93. The number of carbonyl (C=O) groups excluding carboxylic acids is 2. The predicted molar refractivity (Wildman–Crippen MR) is 132 cm³/mol. The molecule has 0 spiro atoms. The van der Waals surface area contributed by atoms with Gasteiger partial charge in [0.15, 0.2) is 9.84 Å². The maximum atomic E-state index is 13.2. The molecular weight excluding hydrogens is 471 g/mol.